The molecule has 1 saturated heterocycles. The summed E-state index contributed by atoms with van der Waals surface area (Å²) in [7, 11) is 1.63. The van der Waals surface area contributed by atoms with Gasteiger partial charge in [0.25, 0.3) is 0 Å². The quantitative estimate of drug-likeness (QED) is 0.824. The van der Waals surface area contributed by atoms with Gasteiger partial charge in [-0.15, -0.1) is 0 Å². The average Bonchev–Trinajstić information content (AvgIpc) is 3.09. The molecule has 1 aliphatic heterocycles. The summed E-state index contributed by atoms with van der Waals surface area (Å²) in [4.78, 5) is 0. The standard InChI is InChI=1S/C14H21NO5/c1-16-10-13-8-11(15-20-13)9-17-12-2-4-14(5-3-12)18-6-7-19-14/h8,12H,2-7,9-10H2,1H3. The minimum Gasteiger partial charge on any atom is -0.377 e. The van der Waals surface area contributed by atoms with Crippen molar-refractivity contribution in [1.29, 1.82) is 0 Å². The highest BCUT2D eigenvalue weighted by Crippen LogP contribution is 2.36. The zero-order chi connectivity index (χ0) is 13.8. The van der Waals surface area contributed by atoms with Gasteiger partial charge in [0, 0.05) is 26.0 Å². The van der Waals surface area contributed by atoms with Crippen LogP contribution in [0.3, 0.4) is 0 Å². The third-order valence-electron chi connectivity index (χ3n) is 3.87. The Hall–Kier alpha value is -0.950. The summed E-state index contributed by atoms with van der Waals surface area (Å²) in [6.45, 7) is 2.35. The van der Waals surface area contributed by atoms with Gasteiger partial charge in [-0.2, -0.15) is 0 Å². The molecule has 0 atom stereocenters. The van der Waals surface area contributed by atoms with Crippen LogP contribution in [0.25, 0.3) is 0 Å². The largest absolute Gasteiger partial charge is 0.377 e. The molecule has 0 N–H and O–H groups in total. The van der Waals surface area contributed by atoms with Crippen LogP contribution in [-0.4, -0.2) is 37.4 Å². The molecular formula is C14H21NO5. The Morgan fingerprint density at radius 2 is 2.00 bits per heavy atom. The van der Waals surface area contributed by atoms with Gasteiger partial charge in [-0.1, -0.05) is 5.16 Å². The molecule has 0 aromatic carbocycles. The Kier molecular flexibility index (Phi) is 4.35. The van der Waals surface area contributed by atoms with Crippen molar-refractivity contribution in [2.75, 3.05) is 20.3 Å². The summed E-state index contributed by atoms with van der Waals surface area (Å²) in [5.74, 6) is 0.404. The van der Waals surface area contributed by atoms with Crippen LogP contribution in [0.5, 0.6) is 0 Å². The minimum absolute atomic E-state index is 0.246. The second-order valence-electron chi connectivity index (χ2n) is 5.34. The van der Waals surface area contributed by atoms with E-state index in [1.54, 1.807) is 7.11 Å². The van der Waals surface area contributed by atoms with Gasteiger partial charge in [-0.3, -0.25) is 0 Å². The molecule has 20 heavy (non-hydrogen) atoms. The summed E-state index contributed by atoms with van der Waals surface area (Å²) < 4.78 is 27.4. The first-order valence-corrected chi connectivity index (χ1v) is 7.13. The van der Waals surface area contributed by atoms with Crippen molar-refractivity contribution in [2.24, 2.45) is 0 Å². The molecule has 0 radical (unpaired) electrons. The molecule has 1 aromatic rings. The SMILES string of the molecule is COCc1cc(COC2CCC3(CC2)OCCO3)no1. The summed E-state index contributed by atoms with van der Waals surface area (Å²) >= 11 is 0. The Balaban J connectivity index is 1.43. The van der Waals surface area contributed by atoms with Crippen molar-refractivity contribution >= 4 is 0 Å². The van der Waals surface area contributed by atoms with Crippen molar-refractivity contribution in [2.45, 2.75) is 50.8 Å². The van der Waals surface area contributed by atoms with E-state index in [2.05, 4.69) is 5.16 Å². The van der Waals surface area contributed by atoms with Crippen LogP contribution in [0.4, 0.5) is 0 Å². The molecule has 0 bridgehead atoms. The minimum atomic E-state index is -0.320. The maximum Gasteiger partial charge on any atom is 0.168 e. The third kappa shape index (κ3) is 3.20. The van der Waals surface area contributed by atoms with E-state index in [1.165, 1.54) is 0 Å². The summed E-state index contributed by atoms with van der Waals surface area (Å²) in [6, 6.07) is 1.87. The number of hydrogen-bond acceptors (Lipinski definition) is 6. The Morgan fingerprint density at radius 1 is 1.25 bits per heavy atom. The highest BCUT2D eigenvalue weighted by Gasteiger charge is 2.40. The van der Waals surface area contributed by atoms with Crippen LogP contribution in [0, 0.1) is 0 Å². The summed E-state index contributed by atoms with van der Waals surface area (Å²) in [5, 5.41) is 3.96. The predicted octanol–water partition coefficient (Wildman–Crippen LogP) is 2.02. The number of rotatable bonds is 5. The first-order chi connectivity index (χ1) is 9.80. The van der Waals surface area contributed by atoms with Crippen LogP contribution in [0.2, 0.25) is 0 Å². The van der Waals surface area contributed by atoms with Crippen LogP contribution in [0.15, 0.2) is 10.6 Å². The maximum absolute atomic E-state index is 5.89. The highest BCUT2D eigenvalue weighted by atomic mass is 16.7. The van der Waals surface area contributed by atoms with Gasteiger partial charge in [0.2, 0.25) is 0 Å². The van der Waals surface area contributed by atoms with Crippen molar-refractivity contribution in [3.63, 3.8) is 0 Å². The average molecular weight is 283 g/mol. The maximum atomic E-state index is 5.89. The van der Waals surface area contributed by atoms with E-state index in [0.717, 1.165) is 37.1 Å². The Labute approximate surface area is 118 Å². The van der Waals surface area contributed by atoms with E-state index in [1.807, 2.05) is 6.07 Å². The fourth-order valence-corrected chi connectivity index (χ4v) is 2.82. The molecule has 0 amide bonds. The van der Waals surface area contributed by atoms with Gasteiger partial charge in [-0.05, 0) is 12.8 Å². The van der Waals surface area contributed by atoms with Gasteiger partial charge >= 0.3 is 0 Å². The number of ether oxygens (including phenoxy) is 4. The van der Waals surface area contributed by atoms with E-state index < -0.39 is 0 Å². The molecule has 112 valence electrons. The smallest absolute Gasteiger partial charge is 0.168 e. The van der Waals surface area contributed by atoms with E-state index in [0.29, 0.717) is 26.4 Å². The van der Waals surface area contributed by atoms with E-state index in [9.17, 15) is 0 Å². The molecule has 2 heterocycles. The monoisotopic (exact) mass is 283 g/mol. The number of methoxy groups -OCH3 is 1. The molecule has 2 fully saturated rings. The zero-order valence-electron chi connectivity index (χ0n) is 11.8. The number of aromatic nitrogens is 1. The van der Waals surface area contributed by atoms with Gasteiger partial charge in [-0.25, -0.2) is 0 Å². The van der Waals surface area contributed by atoms with E-state index in [4.69, 9.17) is 23.5 Å². The lowest BCUT2D eigenvalue weighted by Crippen LogP contribution is -2.37. The third-order valence-corrected chi connectivity index (χ3v) is 3.87. The molecule has 6 heteroatoms. The first-order valence-electron chi connectivity index (χ1n) is 7.13. The van der Waals surface area contributed by atoms with Crippen LogP contribution >= 0.6 is 0 Å². The first kappa shape index (κ1) is 14.0. The molecular weight excluding hydrogens is 262 g/mol. The molecule has 1 aromatic heterocycles. The number of nitrogens with zero attached hydrogens (tertiary/aromatic N) is 1. The Morgan fingerprint density at radius 3 is 2.70 bits per heavy atom. The molecule has 1 spiro atoms. The lowest BCUT2D eigenvalue weighted by molar-refractivity contribution is -0.192. The van der Waals surface area contributed by atoms with Crippen molar-refractivity contribution in [1.82, 2.24) is 5.16 Å². The van der Waals surface area contributed by atoms with E-state index in [-0.39, 0.29) is 11.9 Å². The second-order valence-corrected chi connectivity index (χ2v) is 5.34. The molecule has 1 aliphatic carbocycles. The number of hydrogen-bond donors (Lipinski definition) is 0. The van der Waals surface area contributed by atoms with Crippen molar-refractivity contribution < 1.29 is 23.5 Å². The molecule has 0 unspecified atom stereocenters. The van der Waals surface area contributed by atoms with Gasteiger partial charge in [0.05, 0.1) is 25.9 Å². The molecule has 2 aliphatic rings. The topological polar surface area (TPSA) is 63.0 Å². The molecule has 3 rings (SSSR count). The lowest BCUT2D eigenvalue weighted by atomic mass is 9.92. The van der Waals surface area contributed by atoms with E-state index >= 15 is 0 Å². The molecule has 6 nitrogen and oxygen atoms in total. The normalized spacial score (nSPS) is 22.6. The summed E-state index contributed by atoms with van der Waals surface area (Å²) in [6.07, 6.45) is 3.98. The lowest BCUT2D eigenvalue weighted by Gasteiger charge is -2.35. The van der Waals surface area contributed by atoms with Gasteiger partial charge in [0.15, 0.2) is 11.5 Å². The fourth-order valence-electron chi connectivity index (χ4n) is 2.82. The predicted molar refractivity (Wildman–Crippen MR) is 68.9 cm³/mol. The second kappa shape index (κ2) is 6.22. The van der Waals surface area contributed by atoms with Crippen molar-refractivity contribution in [3.8, 4) is 0 Å². The van der Waals surface area contributed by atoms with Crippen molar-refractivity contribution in [3.05, 3.63) is 17.5 Å². The van der Waals surface area contributed by atoms with Gasteiger partial charge < -0.3 is 23.5 Å². The molecule has 1 saturated carbocycles. The van der Waals surface area contributed by atoms with Gasteiger partial charge in [0.1, 0.15) is 12.3 Å². The Bertz CT molecular complexity index is 417. The summed E-state index contributed by atoms with van der Waals surface area (Å²) in [5.41, 5.74) is 0.811. The van der Waals surface area contributed by atoms with Crippen LogP contribution in [-0.2, 0) is 32.2 Å². The fraction of sp³-hybridized carbons (Fsp3) is 0.786. The zero-order valence-corrected chi connectivity index (χ0v) is 11.8. The van der Waals surface area contributed by atoms with Crippen LogP contribution in [0.1, 0.15) is 37.1 Å². The highest BCUT2D eigenvalue weighted by molar-refractivity contribution is 5.03. The van der Waals surface area contributed by atoms with Crippen LogP contribution < -0.4 is 0 Å².